The maximum Gasteiger partial charge on any atom is 0.292 e. The zero-order chi connectivity index (χ0) is 16.7. The van der Waals surface area contributed by atoms with Gasteiger partial charge in [-0.05, 0) is 39.5 Å². The summed E-state index contributed by atoms with van der Waals surface area (Å²) in [6.45, 7) is 4.90. The Hall–Kier alpha value is -2.22. The topological polar surface area (TPSA) is 94.5 Å². The highest BCUT2D eigenvalue weighted by Gasteiger charge is 2.45. The minimum atomic E-state index is -0.193. The number of rotatable bonds is 2. The molecule has 2 aromatic rings. The maximum absolute atomic E-state index is 12.4. The molecule has 0 aromatic carbocycles. The quantitative estimate of drug-likeness (QED) is 0.832. The van der Waals surface area contributed by atoms with Crippen molar-refractivity contribution in [3.63, 3.8) is 0 Å². The van der Waals surface area contributed by atoms with E-state index >= 15 is 0 Å². The van der Waals surface area contributed by atoms with Crippen LogP contribution < -0.4 is 0 Å². The molecule has 2 aromatic heterocycles. The molecule has 0 aliphatic carbocycles. The smallest absolute Gasteiger partial charge is 0.292 e. The minimum Gasteiger partial charge on any atom is -0.362 e. The lowest BCUT2D eigenvalue weighted by Gasteiger charge is -2.38. The van der Waals surface area contributed by atoms with Crippen LogP contribution in [0.15, 0.2) is 15.1 Å². The predicted molar refractivity (Wildman–Crippen MR) is 81.2 cm³/mol. The first-order chi connectivity index (χ1) is 11.5. The van der Waals surface area contributed by atoms with E-state index in [-0.39, 0.29) is 17.6 Å². The number of nitrogens with zero attached hydrogens (tertiary/aromatic N) is 4. The normalized spacial score (nSPS) is 23.1. The van der Waals surface area contributed by atoms with Crippen LogP contribution in [0.3, 0.4) is 0 Å². The maximum atomic E-state index is 12.4. The molecule has 0 N–H and O–H groups in total. The first-order valence-electron chi connectivity index (χ1n) is 8.25. The van der Waals surface area contributed by atoms with Gasteiger partial charge in [0, 0.05) is 19.2 Å². The average molecular weight is 332 g/mol. The molecule has 8 heteroatoms. The Morgan fingerprint density at radius 1 is 1.21 bits per heavy atom. The Morgan fingerprint density at radius 2 is 2.00 bits per heavy atom. The molecule has 24 heavy (non-hydrogen) atoms. The van der Waals surface area contributed by atoms with Crippen LogP contribution in [-0.2, 0) is 4.74 Å². The van der Waals surface area contributed by atoms with Gasteiger partial charge in [-0.15, -0.1) is 0 Å². The largest absolute Gasteiger partial charge is 0.362 e. The van der Waals surface area contributed by atoms with Gasteiger partial charge < -0.3 is 18.7 Å². The third-order valence-corrected chi connectivity index (χ3v) is 4.87. The molecule has 0 saturated carbocycles. The molecule has 128 valence electrons. The van der Waals surface area contributed by atoms with Crippen LogP contribution in [0.4, 0.5) is 0 Å². The summed E-state index contributed by atoms with van der Waals surface area (Å²) in [5, 5.41) is 7.61. The fraction of sp³-hybridized carbons (Fsp3) is 0.625. The summed E-state index contributed by atoms with van der Waals surface area (Å²) in [5.41, 5.74) is 0.518. The van der Waals surface area contributed by atoms with Gasteiger partial charge in [0.15, 0.2) is 5.82 Å². The number of aromatic nitrogens is 3. The number of ether oxygens (including phenoxy) is 1. The number of likely N-dealkylation sites (tertiary alicyclic amines) is 1. The summed E-state index contributed by atoms with van der Waals surface area (Å²) in [4.78, 5) is 18.5. The standard InChI is InChI=1S/C16H20N4O4/c1-10-9-13(23-18-10)15(21)20-7-5-16(6-8-20)4-3-12(22-16)14-17-11(2)19-24-14/h9,12H,3-8H2,1-2H3/t12-/m1/s1. The number of hydrogen-bond acceptors (Lipinski definition) is 7. The number of carbonyl (C=O) groups is 1. The molecule has 4 rings (SSSR count). The number of aryl methyl sites for hydroxylation is 2. The zero-order valence-electron chi connectivity index (χ0n) is 13.8. The van der Waals surface area contributed by atoms with Gasteiger partial charge in [0.1, 0.15) is 6.10 Å². The number of hydrogen-bond donors (Lipinski definition) is 0. The van der Waals surface area contributed by atoms with Crippen LogP contribution in [-0.4, -0.2) is 44.8 Å². The second kappa shape index (κ2) is 5.70. The molecule has 8 nitrogen and oxygen atoms in total. The van der Waals surface area contributed by atoms with Gasteiger partial charge in [-0.3, -0.25) is 4.79 Å². The zero-order valence-corrected chi connectivity index (χ0v) is 13.8. The third kappa shape index (κ3) is 2.71. The molecular formula is C16H20N4O4. The van der Waals surface area contributed by atoms with Crippen LogP contribution >= 0.6 is 0 Å². The molecule has 2 saturated heterocycles. The lowest BCUT2D eigenvalue weighted by atomic mass is 9.88. The first kappa shape index (κ1) is 15.3. The molecule has 0 unspecified atom stereocenters. The average Bonchev–Trinajstić information content (AvgIpc) is 3.28. The van der Waals surface area contributed by atoms with Crippen molar-refractivity contribution in [2.75, 3.05) is 13.1 Å². The van der Waals surface area contributed by atoms with Gasteiger partial charge in [-0.1, -0.05) is 10.3 Å². The molecule has 0 radical (unpaired) electrons. The summed E-state index contributed by atoms with van der Waals surface area (Å²) in [6, 6.07) is 1.67. The highest BCUT2D eigenvalue weighted by molar-refractivity contribution is 5.91. The molecular weight excluding hydrogens is 312 g/mol. The Bertz CT molecular complexity index is 745. The second-order valence-electron chi connectivity index (χ2n) is 6.63. The SMILES string of the molecule is Cc1cc(C(=O)N2CCC3(CC[C@H](c4nc(C)no4)O3)CC2)on1. The minimum absolute atomic E-state index is 0.104. The van der Waals surface area contributed by atoms with Crippen molar-refractivity contribution in [3.05, 3.63) is 29.2 Å². The lowest BCUT2D eigenvalue weighted by Crippen LogP contribution is -2.46. The Kier molecular flexibility index (Phi) is 3.64. The molecule has 2 aliphatic rings. The van der Waals surface area contributed by atoms with Gasteiger partial charge in [-0.25, -0.2) is 0 Å². The van der Waals surface area contributed by atoms with Crippen molar-refractivity contribution in [2.45, 2.75) is 51.2 Å². The number of amides is 1. The van der Waals surface area contributed by atoms with E-state index in [1.165, 1.54) is 0 Å². The van der Waals surface area contributed by atoms with Crippen molar-refractivity contribution < 1.29 is 18.6 Å². The molecule has 1 atom stereocenters. The van der Waals surface area contributed by atoms with Crippen LogP contribution in [0.2, 0.25) is 0 Å². The molecule has 2 fully saturated rings. The van der Waals surface area contributed by atoms with Crippen LogP contribution in [0, 0.1) is 13.8 Å². The highest BCUT2D eigenvalue weighted by Crippen LogP contribution is 2.44. The van der Waals surface area contributed by atoms with E-state index in [0.29, 0.717) is 36.3 Å². The summed E-state index contributed by atoms with van der Waals surface area (Å²) in [6.07, 6.45) is 3.29. The summed E-state index contributed by atoms with van der Waals surface area (Å²) in [5.74, 6) is 1.37. The fourth-order valence-electron chi connectivity index (χ4n) is 3.54. The van der Waals surface area contributed by atoms with E-state index in [4.69, 9.17) is 13.8 Å². The van der Waals surface area contributed by atoms with E-state index in [9.17, 15) is 4.79 Å². The van der Waals surface area contributed by atoms with Crippen LogP contribution in [0.25, 0.3) is 0 Å². The molecule has 1 amide bonds. The third-order valence-electron chi connectivity index (χ3n) is 4.87. The number of piperidine rings is 1. The van der Waals surface area contributed by atoms with Crippen molar-refractivity contribution in [2.24, 2.45) is 0 Å². The van der Waals surface area contributed by atoms with Crippen molar-refractivity contribution in [1.82, 2.24) is 20.2 Å². The Balaban J connectivity index is 1.38. The summed E-state index contributed by atoms with van der Waals surface area (Å²) < 4.78 is 16.6. The number of carbonyl (C=O) groups excluding carboxylic acids is 1. The summed E-state index contributed by atoms with van der Waals surface area (Å²) >= 11 is 0. The fourth-order valence-corrected chi connectivity index (χ4v) is 3.54. The molecule has 2 aliphatic heterocycles. The van der Waals surface area contributed by atoms with E-state index < -0.39 is 0 Å². The second-order valence-corrected chi connectivity index (χ2v) is 6.63. The van der Waals surface area contributed by atoms with E-state index in [1.807, 2.05) is 0 Å². The Labute approximate surface area is 139 Å². The van der Waals surface area contributed by atoms with Gasteiger partial charge in [0.2, 0.25) is 5.76 Å². The Morgan fingerprint density at radius 3 is 2.62 bits per heavy atom. The van der Waals surface area contributed by atoms with Crippen molar-refractivity contribution in [3.8, 4) is 0 Å². The van der Waals surface area contributed by atoms with Crippen molar-refractivity contribution in [1.29, 1.82) is 0 Å². The van der Waals surface area contributed by atoms with Crippen LogP contribution in [0.1, 0.15) is 59.8 Å². The molecule has 1 spiro atoms. The first-order valence-corrected chi connectivity index (χ1v) is 8.25. The predicted octanol–water partition coefficient (Wildman–Crippen LogP) is 2.20. The highest BCUT2D eigenvalue weighted by atomic mass is 16.5. The van der Waals surface area contributed by atoms with Crippen LogP contribution in [0.5, 0.6) is 0 Å². The molecule has 4 heterocycles. The van der Waals surface area contributed by atoms with E-state index in [2.05, 4.69) is 15.3 Å². The summed E-state index contributed by atoms with van der Waals surface area (Å²) in [7, 11) is 0. The van der Waals surface area contributed by atoms with Gasteiger partial charge >= 0.3 is 0 Å². The van der Waals surface area contributed by atoms with E-state index in [0.717, 1.165) is 25.7 Å². The van der Waals surface area contributed by atoms with Crippen molar-refractivity contribution >= 4 is 5.91 Å². The van der Waals surface area contributed by atoms with Gasteiger partial charge in [0.25, 0.3) is 11.8 Å². The lowest BCUT2D eigenvalue weighted by molar-refractivity contribution is -0.0822. The monoisotopic (exact) mass is 332 g/mol. The van der Waals surface area contributed by atoms with E-state index in [1.54, 1.807) is 24.8 Å². The van der Waals surface area contributed by atoms with Gasteiger partial charge in [-0.2, -0.15) is 4.98 Å². The van der Waals surface area contributed by atoms with Gasteiger partial charge in [0.05, 0.1) is 11.3 Å². The molecule has 0 bridgehead atoms.